The maximum atomic E-state index is 12.8. The number of rotatable bonds is 7. The average molecular weight is 452 g/mol. The SMILES string of the molecule is COc1ccc(OC)c(/C=c2\sc3nc(/C=C/c4ccc(OC)c(OC)c4)nn3c2=O)c1. The summed E-state index contributed by atoms with van der Waals surface area (Å²) < 4.78 is 23.0. The normalized spacial score (nSPS) is 11.9. The van der Waals surface area contributed by atoms with Gasteiger partial charge in [-0.1, -0.05) is 23.5 Å². The topological polar surface area (TPSA) is 84.2 Å². The second kappa shape index (κ2) is 9.11. The van der Waals surface area contributed by atoms with E-state index in [1.54, 1.807) is 52.7 Å². The van der Waals surface area contributed by atoms with Gasteiger partial charge >= 0.3 is 0 Å². The maximum absolute atomic E-state index is 12.8. The van der Waals surface area contributed by atoms with Crippen molar-refractivity contribution in [1.82, 2.24) is 14.6 Å². The minimum atomic E-state index is -0.242. The van der Waals surface area contributed by atoms with Gasteiger partial charge in [0.05, 0.1) is 33.0 Å². The standard InChI is InChI=1S/C23H21N3O5S/c1-28-16-7-9-17(29-2)15(12-16)13-20-22(27)26-23(32-20)24-21(25-26)10-6-14-5-8-18(30-3)19(11-14)31-4/h5-13H,1-4H3/b10-6+,20-13-. The molecule has 4 aromatic rings. The molecule has 4 rings (SSSR count). The highest BCUT2D eigenvalue weighted by Crippen LogP contribution is 2.28. The maximum Gasteiger partial charge on any atom is 0.291 e. The summed E-state index contributed by atoms with van der Waals surface area (Å²) in [6.07, 6.45) is 5.35. The van der Waals surface area contributed by atoms with Crippen LogP contribution in [-0.2, 0) is 0 Å². The first-order chi connectivity index (χ1) is 15.6. The van der Waals surface area contributed by atoms with E-state index in [0.29, 0.717) is 38.3 Å². The van der Waals surface area contributed by atoms with Crippen molar-refractivity contribution in [3.05, 3.63) is 68.2 Å². The Morgan fingerprint density at radius 2 is 1.62 bits per heavy atom. The van der Waals surface area contributed by atoms with Crippen molar-refractivity contribution in [2.24, 2.45) is 0 Å². The summed E-state index contributed by atoms with van der Waals surface area (Å²) in [6, 6.07) is 11.0. The Bertz CT molecular complexity index is 1410. The highest BCUT2D eigenvalue weighted by Gasteiger charge is 2.11. The Balaban J connectivity index is 1.66. The predicted molar refractivity (Wildman–Crippen MR) is 124 cm³/mol. The number of hydrogen-bond donors (Lipinski definition) is 0. The fourth-order valence-corrected chi connectivity index (χ4v) is 4.05. The van der Waals surface area contributed by atoms with Crippen molar-refractivity contribution in [3.8, 4) is 23.0 Å². The van der Waals surface area contributed by atoms with Gasteiger partial charge in [0.2, 0.25) is 4.96 Å². The molecule has 0 N–H and O–H groups in total. The number of nitrogens with zero attached hydrogens (tertiary/aromatic N) is 3. The summed E-state index contributed by atoms with van der Waals surface area (Å²) in [5.41, 5.74) is 1.39. The Kier molecular flexibility index (Phi) is 6.09. The number of ether oxygens (including phenoxy) is 4. The molecule has 9 heteroatoms. The fourth-order valence-electron chi connectivity index (χ4n) is 3.14. The van der Waals surface area contributed by atoms with Crippen molar-refractivity contribution in [2.45, 2.75) is 0 Å². The molecule has 0 bridgehead atoms. The van der Waals surface area contributed by atoms with E-state index in [9.17, 15) is 4.79 Å². The molecule has 2 aromatic heterocycles. The number of methoxy groups -OCH3 is 4. The second-order valence-electron chi connectivity index (χ2n) is 6.64. The molecule has 0 amide bonds. The Hall–Kier alpha value is -3.85. The lowest BCUT2D eigenvalue weighted by Crippen LogP contribution is -2.23. The number of benzene rings is 2. The van der Waals surface area contributed by atoms with E-state index in [-0.39, 0.29) is 5.56 Å². The smallest absolute Gasteiger partial charge is 0.291 e. The number of hydrogen-bond acceptors (Lipinski definition) is 8. The summed E-state index contributed by atoms with van der Waals surface area (Å²) in [6.45, 7) is 0. The van der Waals surface area contributed by atoms with Gasteiger partial charge < -0.3 is 18.9 Å². The van der Waals surface area contributed by atoms with Crippen LogP contribution in [0.15, 0.2) is 41.2 Å². The third kappa shape index (κ3) is 4.15. The first-order valence-electron chi connectivity index (χ1n) is 9.59. The van der Waals surface area contributed by atoms with Crippen molar-refractivity contribution >= 4 is 34.5 Å². The molecule has 0 saturated heterocycles. The molecule has 32 heavy (non-hydrogen) atoms. The van der Waals surface area contributed by atoms with Crippen molar-refractivity contribution in [2.75, 3.05) is 28.4 Å². The molecule has 0 aliphatic rings. The van der Waals surface area contributed by atoms with E-state index in [0.717, 1.165) is 11.1 Å². The van der Waals surface area contributed by atoms with Crippen molar-refractivity contribution < 1.29 is 18.9 Å². The number of fused-ring (bicyclic) bond motifs is 1. The van der Waals surface area contributed by atoms with Crippen LogP contribution in [0.5, 0.6) is 23.0 Å². The van der Waals surface area contributed by atoms with Gasteiger partial charge in [0, 0.05) is 5.56 Å². The average Bonchev–Trinajstić information content (AvgIpc) is 3.35. The zero-order valence-corrected chi connectivity index (χ0v) is 18.8. The Morgan fingerprint density at radius 3 is 2.31 bits per heavy atom. The van der Waals surface area contributed by atoms with Crippen LogP contribution in [0, 0.1) is 0 Å². The van der Waals surface area contributed by atoms with Crippen LogP contribution in [-0.4, -0.2) is 43.0 Å². The van der Waals surface area contributed by atoms with Crippen LogP contribution in [0.3, 0.4) is 0 Å². The first-order valence-corrected chi connectivity index (χ1v) is 10.4. The minimum Gasteiger partial charge on any atom is -0.497 e. The molecule has 2 aromatic carbocycles. The molecule has 0 aliphatic carbocycles. The third-order valence-corrected chi connectivity index (χ3v) is 5.71. The molecule has 0 aliphatic heterocycles. The second-order valence-corrected chi connectivity index (χ2v) is 7.64. The molecule has 0 unspecified atom stereocenters. The van der Waals surface area contributed by atoms with E-state index in [1.807, 2.05) is 30.3 Å². The largest absolute Gasteiger partial charge is 0.497 e. The van der Waals surface area contributed by atoms with E-state index in [4.69, 9.17) is 18.9 Å². The summed E-state index contributed by atoms with van der Waals surface area (Å²) in [5, 5.41) is 4.33. The van der Waals surface area contributed by atoms with Gasteiger partial charge in [-0.25, -0.2) is 0 Å². The zero-order chi connectivity index (χ0) is 22.7. The van der Waals surface area contributed by atoms with E-state index < -0.39 is 0 Å². The molecule has 0 atom stereocenters. The van der Waals surface area contributed by atoms with Gasteiger partial charge in [-0.05, 0) is 48.0 Å². The molecule has 0 spiro atoms. The summed E-state index contributed by atoms with van der Waals surface area (Å²) in [7, 11) is 6.34. The van der Waals surface area contributed by atoms with Gasteiger partial charge in [0.25, 0.3) is 5.56 Å². The van der Waals surface area contributed by atoms with Gasteiger partial charge in [-0.2, -0.15) is 9.50 Å². The monoisotopic (exact) mass is 451 g/mol. The molecule has 0 fully saturated rings. The lowest BCUT2D eigenvalue weighted by Gasteiger charge is -2.07. The lowest BCUT2D eigenvalue weighted by atomic mass is 10.2. The van der Waals surface area contributed by atoms with Gasteiger partial charge in [0.15, 0.2) is 17.3 Å². The minimum absolute atomic E-state index is 0.242. The zero-order valence-electron chi connectivity index (χ0n) is 18.0. The van der Waals surface area contributed by atoms with Crippen LogP contribution < -0.4 is 29.0 Å². The van der Waals surface area contributed by atoms with Gasteiger partial charge in [-0.3, -0.25) is 4.79 Å². The van der Waals surface area contributed by atoms with Crippen molar-refractivity contribution in [3.63, 3.8) is 0 Å². The van der Waals surface area contributed by atoms with Gasteiger partial charge in [0.1, 0.15) is 11.5 Å². The number of aromatic nitrogens is 3. The lowest BCUT2D eigenvalue weighted by molar-refractivity contribution is 0.355. The third-order valence-electron chi connectivity index (χ3n) is 4.75. The molecule has 2 heterocycles. The summed E-state index contributed by atoms with van der Waals surface area (Å²) in [4.78, 5) is 17.8. The van der Waals surface area contributed by atoms with E-state index in [1.165, 1.54) is 15.9 Å². The van der Waals surface area contributed by atoms with Crippen LogP contribution >= 0.6 is 11.3 Å². The van der Waals surface area contributed by atoms with E-state index in [2.05, 4.69) is 10.1 Å². The number of thiazole rings is 1. The molecule has 0 radical (unpaired) electrons. The van der Waals surface area contributed by atoms with Crippen LogP contribution in [0.2, 0.25) is 0 Å². The Labute approximate surface area is 188 Å². The van der Waals surface area contributed by atoms with Gasteiger partial charge in [-0.15, -0.1) is 5.10 Å². The highest BCUT2D eigenvalue weighted by atomic mass is 32.1. The molecule has 164 valence electrons. The summed E-state index contributed by atoms with van der Waals surface area (Å²) in [5.74, 6) is 3.03. The van der Waals surface area contributed by atoms with Crippen LogP contribution in [0.25, 0.3) is 23.2 Å². The van der Waals surface area contributed by atoms with Crippen LogP contribution in [0.4, 0.5) is 0 Å². The first kappa shape index (κ1) is 21.4. The predicted octanol–water partition coefficient (Wildman–Crippen LogP) is 2.90. The molecular formula is C23H21N3O5S. The van der Waals surface area contributed by atoms with E-state index >= 15 is 0 Å². The molecular weight excluding hydrogens is 430 g/mol. The summed E-state index contributed by atoms with van der Waals surface area (Å²) >= 11 is 1.26. The Morgan fingerprint density at radius 1 is 0.875 bits per heavy atom. The molecule has 8 nitrogen and oxygen atoms in total. The highest BCUT2D eigenvalue weighted by molar-refractivity contribution is 7.15. The quantitative estimate of drug-likeness (QED) is 0.427. The fraction of sp³-hybridized carbons (Fsp3) is 0.174. The molecule has 0 saturated carbocycles. The van der Waals surface area contributed by atoms with Crippen molar-refractivity contribution in [1.29, 1.82) is 0 Å². The van der Waals surface area contributed by atoms with Crippen LogP contribution in [0.1, 0.15) is 17.0 Å².